The topological polar surface area (TPSA) is 46.6 Å². The fraction of sp³-hybridized carbons (Fsp3) is 0.429. The van der Waals surface area contributed by atoms with Crippen LogP contribution in [0.1, 0.15) is 36.7 Å². The first-order valence-corrected chi connectivity index (χ1v) is 5.79. The second-order valence-corrected chi connectivity index (χ2v) is 5.16. The Labute approximate surface area is 108 Å². The van der Waals surface area contributed by atoms with Gasteiger partial charge < -0.3 is 4.74 Å². The van der Waals surface area contributed by atoms with Crippen molar-refractivity contribution >= 4 is 12.0 Å². The molecule has 0 radical (unpaired) electrons. The lowest BCUT2D eigenvalue weighted by atomic mass is 10.1. The maximum absolute atomic E-state index is 12.1. The summed E-state index contributed by atoms with van der Waals surface area (Å²) in [5.41, 5.74) is 0.723. The number of rotatable bonds is 1. The molecule has 0 saturated carbocycles. The number of benzene rings is 1. The third kappa shape index (κ3) is 3.58. The average Bonchev–Trinajstić information content (AvgIpc) is 2.25. The van der Waals surface area contributed by atoms with Gasteiger partial charge in [-0.25, -0.2) is 9.69 Å². The summed E-state index contributed by atoms with van der Waals surface area (Å²) in [5, 5.41) is 0. The minimum absolute atomic E-state index is 0.359. The molecule has 0 bridgehead atoms. The zero-order valence-electron chi connectivity index (χ0n) is 11.5. The van der Waals surface area contributed by atoms with E-state index in [2.05, 4.69) is 0 Å². The van der Waals surface area contributed by atoms with Crippen molar-refractivity contribution in [3.05, 3.63) is 35.4 Å². The molecule has 0 aliphatic rings. The van der Waals surface area contributed by atoms with Gasteiger partial charge in [-0.05, 0) is 39.3 Å². The van der Waals surface area contributed by atoms with E-state index in [1.165, 1.54) is 7.05 Å². The molecule has 0 fully saturated rings. The van der Waals surface area contributed by atoms with E-state index in [9.17, 15) is 9.59 Å². The van der Waals surface area contributed by atoms with Gasteiger partial charge in [0.25, 0.3) is 5.91 Å². The predicted molar refractivity (Wildman–Crippen MR) is 69.5 cm³/mol. The van der Waals surface area contributed by atoms with Gasteiger partial charge in [0.2, 0.25) is 0 Å². The Morgan fingerprint density at radius 1 is 1.17 bits per heavy atom. The van der Waals surface area contributed by atoms with Gasteiger partial charge in [0, 0.05) is 12.6 Å². The Morgan fingerprint density at radius 2 is 1.72 bits per heavy atom. The van der Waals surface area contributed by atoms with Crippen LogP contribution in [-0.4, -0.2) is 29.5 Å². The van der Waals surface area contributed by atoms with E-state index < -0.39 is 11.7 Å². The molecule has 0 aliphatic carbocycles. The van der Waals surface area contributed by atoms with Gasteiger partial charge in [-0.1, -0.05) is 18.2 Å². The first-order chi connectivity index (χ1) is 8.22. The standard InChI is InChI=1S/C14H19NO3/c1-10-8-6-7-9-11(10)12(16)15(5)13(17)18-14(2,3)4/h6-9H,1-5H3. The molecule has 0 aromatic heterocycles. The highest BCUT2D eigenvalue weighted by Crippen LogP contribution is 2.13. The Morgan fingerprint density at radius 3 is 2.22 bits per heavy atom. The predicted octanol–water partition coefficient (Wildman–Crippen LogP) is 3.00. The molecular weight excluding hydrogens is 230 g/mol. The lowest BCUT2D eigenvalue weighted by Crippen LogP contribution is -2.38. The van der Waals surface area contributed by atoms with Crippen LogP contribution in [0.15, 0.2) is 24.3 Å². The molecule has 0 atom stereocenters. The second kappa shape index (κ2) is 5.21. The van der Waals surface area contributed by atoms with E-state index in [-0.39, 0.29) is 5.91 Å². The molecule has 1 rings (SSSR count). The van der Waals surface area contributed by atoms with Crippen molar-refractivity contribution in [2.75, 3.05) is 7.05 Å². The number of amides is 2. The van der Waals surface area contributed by atoms with E-state index in [0.29, 0.717) is 5.56 Å². The molecule has 0 heterocycles. The summed E-state index contributed by atoms with van der Waals surface area (Å²) in [5.74, 6) is -0.359. The fourth-order valence-electron chi connectivity index (χ4n) is 1.41. The van der Waals surface area contributed by atoms with Crippen LogP contribution < -0.4 is 0 Å². The number of aryl methyl sites for hydroxylation is 1. The summed E-state index contributed by atoms with van der Waals surface area (Å²) in [6, 6.07) is 7.14. The Kier molecular flexibility index (Phi) is 4.11. The molecule has 0 N–H and O–H groups in total. The summed E-state index contributed by atoms with van der Waals surface area (Å²) in [4.78, 5) is 24.9. The van der Waals surface area contributed by atoms with Gasteiger partial charge in [0.15, 0.2) is 0 Å². The number of hydrogen-bond donors (Lipinski definition) is 0. The van der Waals surface area contributed by atoms with Gasteiger partial charge in [-0.2, -0.15) is 0 Å². The maximum atomic E-state index is 12.1. The molecule has 1 aromatic rings. The highest BCUT2D eigenvalue weighted by molar-refractivity contribution is 6.03. The molecule has 0 unspecified atom stereocenters. The summed E-state index contributed by atoms with van der Waals surface area (Å²) in [6.45, 7) is 7.11. The lowest BCUT2D eigenvalue weighted by molar-refractivity contribution is 0.0284. The molecule has 0 saturated heterocycles. The highest BCUT2D eigenvalue weighted by Gasteiger charge is 2.25. The van der Waals surface area contributed by atoms with Crippen LogP contribution in [0.5, 0.6) is 0 Å². The number of carbonyl (C=O) groups excluding carboxylic acids is 2. The fourth-order valence-corrected chi connectivity index (χ4v) is 1.41. The van der Waals surface area contributed by atoms with Crippen molar-refractivity contribution in [1.29, 1.82) is 0 Å². The maximum Gasteiger partial charge on any atom is 0.417 e. The van der Waals surface area contributed by atoms with Gasteiger partial charge in [0.05, 0.1) is 0 Å². The Balaban J connectivity index is 2.85. The SMILES string of the molecule is Cc1ccccc1C(=O)N(C)C(=O)OC(C)(C)C. The van der Waals surface area contributed by atoms with Crippen molar-refractivity contribution < 1.29 is 14.3 Å². The Hall–Kier alpha value is -1.84. The van der Waals surface area contributed by atoms with Crippen LogP contribution in [-0.2, 0) is 4.74 Å². The zero-order chi connectivity index (χ0) is 13.9. The van der Waals surface area contributed by atoms with E-state index >= 15 is 0 Å². The number of ether oxygens (including phenoxy) is 1. The number of carbonyl (C=O) groups is 2. The third-order valence-corrected chi connectivity index (χ3v) is 2.35. The summed E-state index contributed by atoms with van der Waals surface area (Å²) in [6.07, 6.45) is -0.643. The van der Waals surface area contributed by atoms with Crippen LogP contribution in [0.4, 0.5) is 4.79 Å². The molecule has 98 valence electrons. The third-order valence-electron chi connectivity index (χ3n) is 2.35. The van der Waals surface area contributed by atoms with E-state index in [0.717, 1.165) is 10.5 Å². The number of nitrogens with zero attached hydrogens (tertiary/aromatic N) is 1. The largest absolute Gasteiger partial charge is 0.443 e. The number of imide groups is 1. The normalized spacial score (nSPS) is 10.9. The monoisotopic (exact) mass is 249 g/mol. The quantitative estimate of drug-likeness (QED) is 0.768. The number of hydrogen-bond acceptors (Lipinski definition) is 3. The van der Waals surface area contributed by atoms with Crippen molar-refractivity contribution in [2.24, 2.45) is 0 Å². The smallest absolute Gasteiger partial charge is 0.417 e. The molecule has 18 heavy (non-hydrogen) atoms. The molecule has 0 spiro atoms. The van der Waals surface area contributed by atoms with Crippen LogP contribution in [0.2, 0.25) is 0 Å². The van der Waals surface area contributed by atoms with Gasteiger partial charge in [-0.3, -0.25) is 4.79 Å². The van der Waals surface area contributed by atoms with Crippen molar-refractivity contribution in [1.82, 2.24) is 4.90 Å². The molecule has 4 nitrogen and oxygen atoms in total. The van der Waals surface area contributed by atoms with Crippen LogP contribution in [0, 0.1) is 6.92 Å². The van der Waals surface area contributed by atoms with Crippen LogP contribution in [0.25, 0.3) is 0 Å². The first kappa shape index (κ1) is 14.2. The lowest BCUT2D eigenvalue weighted by Gasteiger charge is -2.23. The summed E-state index contributed by atoms with van der Waals surface area (Å²) in [7, 11) is 1.42. The second-order valence-electron chi connectivity index (χ2n) is 5.16. The molecule has 2 amide bonds. The first-order valence-electron chi connectivity index (χ1n) is 5.79. The van der Waals surface area contributed by atoms with Gasteiger partial charge >= 0.3 is 6.09 Å². The molecule has 0 aliphatic heterocycles. The average molecular weight is 249 g/mol. The minimum atomic E-state index is -0.643. The van der Waals surface area contributed by atoms with Crippen LogP contribution in [0.3, 0.4) is 0 Å². The highest BCUT2D eigenvalue weighted by atomic mass is 16.6. The van der Waals surface area contributed by atoms with Crippen molar-refractivity contribution in [3.8, 4) is 0 Å². The molecular formula is C14H19NO3. The van der Waals surface area contributed by atoms with Crippen LogP contribution >= 0.6 is 0 Å². The summed E-state index contributed by atoms with van der Waals surface area (Å²) < 4.78 is 5.15. The van der Waals surface area contributed by atoms with Gasteiger partial charge in [-0.15, -0.1) is 0 Å². The minimum Gasteiger partial charge on any atom is -0.443 e. The van der Waals surface area contributed by atoms with E-state index in [1.807, 2.05) is 19.1 Å². The van der Waals surface area contributed by atoms with Gasteiger partial charge in [0.1, 0.15) is 5.60 Å². The van der Waals surface area contributed by atoms with E-state index in [1.54, 1.807) is 32.9 Å². The Bertz CT molecular complexity index is 460. The van der Waals surface area contributed by atoms with E-state index in [4.69, 9.17) is 4.74 Å². The molecule has 4 heteroatoms. The van der Waals surface area contributed by atoms with Crippen molar-refractivity contribution in [2.45, 2.75) is 33.3 Å². The zero-order valence-corrected chi connectivity index (χ0v) is 11.5. The van der Waals surface area contributed by atoms with Crippen molar-refractivity contribution in [3.63, 3.8) is 0 Å². The summed E-state index contributed by atoms with van der Waals surface area (Å²) >= 11 is 0. The molecule has 1 aromatic carbocycles.